The van der Waals surface area contributed by atoms with Crippen molar-refractivity contribution in [1.82, 2.24) is 4.90 Å². The molecule has 9 heteroatoms. The molecule has 0 bridgehead atoms. The number of alkyl halides is 1. The lowest BCUT2D eigenvalue weighted by molar-refractivity contribution is 0.0270. The highest BCUT2D eigenvalue weighted by Crippen LogP contribution is 2.44. The van der Waals surface area contributed by atoms with Crippen LogP contribution in [0.2, 0.25) is 0 Å². The predicted molar refractivity (Wildman–Crippen MR) is 115 cm³/mol. The SMILES string of the molecule is CC(C)(C)OC(=O)N1C[C@H](O)[C@@H](N2C(CBr)=C(Br)C(=C=O)c3cc(F)ccc32)C1. The minimum absolute atomic E-state index is 0.107. The zero-order chi connectivity index (χ0) is 21.5. The van der Waals surface area contributed by atoms with Crippen molar-refractivity contribution in [1.29, 1.82) is 0 Å². The third-order valence-electron chi connectivity index (χ3n) is 4.72. The van der Waals surface area contributed by atoms with Crippen LogP contribution in [0.1, 0.15) is 26.3 Å². The summed E-state index contributed by atoms with van der Waals surface area (Å²) in [5, 5.41) is 11.1. The van der Waals surface area contributed by atoms with Gasteiger partial charge in [0.15, 0.2) is 0 Å². The van der Waals surface area contributed by atoms with Crippen LogP contribution in [0.25, 0.3) is 5.57 Å². The molecule has 156 valence electrons. The number of aliphatic hydroxyl groups is 1. The number of aliphatic hydroxyl groups excluding tert-OH is 1. The smallest absolute Gasteiger partial charge is 0.410 e. The molecule has 2 atom stereocenters. The Balaban J connectivity index is 2.02. The van der Waals surface area contributed by atoms with Crippen LogP contribution in [-0.4, -0.2) is 58.2 Å². The van der Waals surface area contributed by atoms with Crippen molar-refractivity contribution < 1.29 is 23.8 Å². The van der Waals surface area contributed by atoms with Crippen molar-refractivity contribution in [2.75, 3.05) is 23.3 Å². The molecule has 6 nitrogen and oxygen atoms in total. The Bertz CT molecular complexity index is 922. The van der Waals surface area contributed by atoms with E-state index in [1.807, 2.05) is 10.8 Å². The van der Waals surface area contributed by atoms with E-state index in [2.05, 4.69) is 31.9 Å². The second kappa shape index (κ2) is 8.22. The summed E-state index contributed by atoms with van der Waals surface area (Å²) < 4.78 is 19.8. The van der Waals surface area contributed by atoms with E-state index in [-0.39, 0.29) is 18.7 Å². The second-order valence-corrected chi connectivity index (χ2v) is 9.28. The molecule has 2 heterocycles. The average molecular weight is 532 g/mol. The summed E-state index contributed by atoms with van der Waals surface area (Å²) in [6, 6.07) is 3.63. The Kier molecular flexibility index (Phi) is 6.24. The van der Waals surface area contributed by atoms with E-state index in [9.17, 15) is 19.1 Å². The first kappa shape index (κ1) is 22.0. The number of β-amino-alcohol motifs (C(OH)–C–C–N with tert-alkyl or cyclic N) is 1. The fourth-order valence-electron chi connectivity index (χ4n) is 3.53. The Morgan fingerprint density at radius 2 is 2.07 bits per heavy atom. The van der Waals surface area contributed by atoms with Crippen molar-refractivity contribution in [2.24, 2.45) is 0 Å². The number of anilines is 1. The third kappa shape index (κ3) is 4.28. The Morgan fingerprint density at radius 3 is 2.66 bits per heavy atom. The molecule has 2 aliphatic heterocycles. The number of benzene rings is 1. The molecule has 1 aromatic carbocycles. The zero-order valence-electron chi connectivity index (χ0n) is 16.2. The highest BCUT2D eigenvalue weighted by molar-refractivity contribution is 9.12. The van der Waals surface area contributed by atoms with Gasteiger partial charge in [0.25, 0.3) is 0 Å². The van der Waals surface area contributed by atoms with E-state index in [0.717, 1.165) is 0 Å². The zero-order valence-corrected chi connectivity index (χ0v) is 19.4. The van der Waals surface area contributed by atoms with Gasteiger partial charge in [0.1, 0.15) is 17.4 Å². The number of ether oxygens (including phenoxy) is 1. The van der Waals surface area contributed by atoms with Crippen molar-refractivity contribution in [3.63, 3.8) is 0 Å². The largest absolute Gasteiger partial charge is 0.444 e. The van der Waals surface area contributed by atoms with Crippen LogP contribution in [0, 0.1) is 5.82 Å². The molecule has 0 spiro atoms. The first-order valence-corrected chi connectivity index (χ1v) is 10.9. The molecule has 0 radical (unpaired) electrons. The van der Waals surface area contributed by atoms with Gasteiger partial charge in [-0.05, 0) is 54.9 Å². The number of hydrogen-bond acceptors (Lipinski definition) is 5. The highest BCUT2D eigenvalue weighted by Gasteiger charge is 2.43. The summed E-state index contributed by atoms with van der Waals surface area (Å²) in [7, 11) is 0. The molecule has 2 aliphatic rings. The molecule has 1 saturated heterocycles. The number of hydrogen-bond donors (Lipinski definition) is 1. The van der Waals surface area contributed by atoms with Gasteiger partial charge in [-0.15, -0.1) is 0 Å². The molecule has 0 aromatic heterocycles. The van der Waals surface area contributed by atoms with Gasteiger partial charge in [-0.25, -0.2) is 14.0 Å². The van der Waals surface area contributed by atoms with Crippen LogP contribution in [0.5, 0.6) is 0 Å². The number of nitrogens with zero attached hydrogens (tertiary/aromatic N) is 2. The Labute approximate surface area is 185 Å². The van der Waals surface area contributed by atoms with Crippen molar-refractivity contribution in [3.05, 3.63) is 39.8 Å². The number of amides is 1. The maximum atomic E-state index is 13.9. The van der Waals surface area contributed by atoms with Gasteiger partial charge in [0.05, 0.1) is 34.4 Å². The molecular weight excluding hydrogens is 511 g/mol. The highest BCUT2D eigenvalue weighted by atomic mass is 79.9. The fraction of sp³-hybridized carbons (Fsp3) is 0.450. The minimum Gasteiger partial charge on any atom is -0.444 e. The maximum Gasteiger partial charge on any atom is 0.410 e. The number of allylic oxidation sites excluding steroid dienone is 3. The van der Waals surface area contributed by atoms with E-state index in [4.69, 9.17) is 4.74 Å². The van der Waals surface area contributed by atoms with Crippen molar-refractivity contribution in [2.45, 2.75) is 38.5 Å². The minimum atomic E-state index is -0.864. The van der Waals surface area contributed by atoms with Crippen LogP contribution >= 0.6 is 31.9 Å². The van der Waals surface area contributed by atoms with Crippen LogP contribution in [-0.2, 0) is 9.53 Å². The number of fused-ring (bicyclic) bond motifs is 1. The Hall–Kier alpha value is -1.67. The van der Waals surface area contributed by atoms with Gasteiger partial charge in [-0.1, -0.05) is 15.9 Å². The van der Waals surface area contributed by atoms with E-state index in [0.29, 0.717) is 26.8 Å². The van der Waals surface area contributed by atoms with Crippen LogP contribution < -0.4 is 4.90 Å². The number of rotatable bonds is 2. The topological polar surface area (TPSA) is 70.1 Å². The molecule has 29 heavy (non-hydrogen) atoms. The number of carbonyl (C=O) groups excluding carboxylic acids is 2. The number of halogens is 3. The normalized spacial score (nSPS) is 22.0. The summed E-state index contributed by atoms with van der Waals surface area (Å²) >= 11 is 6.86. The van der Waals surface area contributed by atoms with E-state index in [1.54, 1.807) is 26.8 Å². The first-order valence-electron chi connectivity index (χ1n) is 9.02. The lowest BCUT2D eigenvalue weighted by Crippen LogP contribution is -2.45. The van der Waals surface area contributed by atoms with E-state index >= 15 is 0 Å². The maximum absolute atomic E-state index is 13.9. The number of carbonyl (C=O) groups is 1. The molecular formula is C20H21Br2FN2O4. The van der Waals surface area contributed by atoms with Gasteiger partial charge in [-0.3, -0.25) is 0 Å². The summed E-state index contributed by atoms with van der Waals surface area (Å²) in [6.07, 6.45) is -1.37. The van der Waals surface area contributed by atoms with Gasteiger partial charge >= 0.3 is 6.09 Å². The van der Waals surface area contributed by atoms with Crippen LogP contribution in [0.3, 0.4) is 0 Å². The quantitative estimate of drug-likeness (QED) is 0.464. The molecule has 3 rings (SSSR count). The first-order chi connectivity index (χ1) is 13.6. The van der Waals surface area contributed by atoms with Gasteiger partial charge in [-0.2, -0.15) is 0 Å². The average Bonchev–Trinajstić information content (AvgIpc) is 3.01. The van der Waals surface area contributed by atoms with Crippen LogP contribution in [0.4, 0.5) is 14.9 Å². The van der Waals surface area contributed by atoms with Crippen molar-refractivity contribution >= 4 is 55.2 Å². The second-order valence-electron chi connectivity index (χ2n) is 7.92. The van der Waals surface area contributed by atoms with Gasteiger partial charge in [0.2, 0.25) is 0 Å². The Morgan fingerprint density at radius 1 is 1.38 bits per heavy atom. The monoisotopic (exact) mass is 530 g/mol. The molecule has 0 aliphatic carbocycles. The van der Waals surface area contributed by atoms with E-state index < -0.39 is 29.7 Å². The fourth-order valence-corrected chi connectivity index (χ4v) is 5.09. The van der Waals surface area contributed by atoms with E-state index in [1.165, 1.54) is 17.0 Å². The van der Waals surface area contributed by atoms with Gasteiger partial charge in [0, 0.05) is 23.1 Å². The molecule has 0 saturated carbocycles. The number of likely N-dealkylation sites (tertiary alicyclic amines) is 1. The third-order valence-corrected chi connectivity index (χ3v) is 6.11. The molecule has 1 N–H and O–H groups in total. The lowest BCUT2D eigenvalue weighted by Gasteiger charge is -2.39. The molecule has 1 amide bonds. The molecule has 0 unspecified atom stereocenters. The van der Waals surface area contributed by atoms with Crippen molar-refractivity contribution in [3.8, 4) is 0 Å². The summed E-state index contributed by atoms with van der Waals surface area (Å²) in [5.41, 5.74) is 1.18. The lowest BCUT2D eigenvalue weighted by atomic mass is 9.96. The molecule has 1 aromatic rings. The molecule has 1 fully saturated rings. The standard InChI is InChI=1S/C20H21Br2FN2O4/c1-20(2,3)29-19(28)24-8-16(17(27)9-24)25-14-5-4-11(23)6-12(14)13(10-26)18(22)15(25)7-21/h4-6,16-17,27H,7-9H2,1-3H3/t16-,17-/m0/s1. The van der Waals surface area contributed by atoms with Crippen LogP contribution in [0.15, 0.2) is 28.4 Å². The summed E-state index contributed by atoms with van der Waals surface area (Å²) in [5.74, 6) is 1.39. The predicted octanol–water partition coefficient (Wildman–Crippen LogP) is 3.84. The van der Waals surface area contributed by atoms with Gasteiger partial charge < -0.3 is 19.6 Å². The summed E-state index contributed by atoms with van der Waals surface area (Å²) in [6.45, 7) is 5.65. The summed E-state index contributed by atoms with van der Waals surface area (Å²) in [4.78, 5) is 27.3.